The van der Waals surface area contributed by atoms with Crippen molar-refractivity contribution >= 4 is 11.8 Å². The van der Waals surface area contributed by atoms with E-state index in [2.05, 4.69) is 0 Å². The molecule has 2 atom stereocenters. The zero-order valence-corrected chi connectivity index (χ0v) is 10.5. The molecule has 0 N–H and O–H groups in total. The van der Waals surface area contributed by atoms with Gasteiger partial charge in [-0.15, -0.1) is 0 Å². The van der Waals surface area contributed by atoms with Gasteiger partial charge in [-0.25, -0.2) is 0 Å². The molecule has 5 heteroatoms. The van der Waals surface area contributed by atoms with Crippen molar-refractivity contribution in [3.8, 4) is 11.5 Å². The Bertz CT molecular complexity index is 537. The number of rotatable bonds is 4. The first-order chi connectivity index (χ1) is 9.15. The Kier molecular flexibility index (Phi) is 2.89. The van der Waals surface area contributed by atoms with Gasteiger partial charge in [0.2, 0.25) is 6.79 Å². The largest absolute Gasteiger partial charge is 0.457 e. The van der Waals surface area contributed by atoms with E-state index in [4.69, 9.17) is 14.2 Å². The van der Waals surface area contributed by atoms with Gasteiger partial charge in [0.15, 0.2) is 23.9 Å². The van der Waals surface area contributed by atoms with E-state index in [1.807, 2.05) is 6.92 Å². The second-order valence-corrected chi connectivity index (χ2v) is 4.92. The van der Waals surface area contributed by atoms with Crippen LogP contribution in [0.1, 0.15) is 23.7 Å². The van der Waals surface area contributed by atoms with Crippen LogP contribution >= 0.6 is 0 Å². The van der Waals surface area contributed by atoms with E-state index < -0.39 is 0 Å². The summed E-state index contributed by atoms with van der Waals surface area (Å²) in [6.07, 6.45) is 0.858. The van der Waals surface area contributed by atoms with Gasteiger partial charge in [-0.2, -0.15) is 0 Å². The number of ketones is 1. The average molecular weight is 262 g/mol. The van der Waals surface area contributed by atoms with Crippen LogP contribution in [0.15, 0.2) is 18.2 Å². The number of esters is 1. The molecule has 1 aromatic rings. The highest BCUT2D eigenvalue weighted by molar-refractivity contribution is 5.98. The van der Waals surface area contributed by atoms with E-state index in [1.54, 1.807) is 18.2 Å². The van der Waals surface area contributed by atoms with Gasteiger partial charge >= 0.3 is 5.97 Å². The van der Waals surface area contributed by atoms with Gasteiger partial charge in [-0.05, 0) is 30.5 Å². The van der Waals surface area contributed by atoms with Crippen LogP contribution in [0.2, 0.25) is 0 Å². The Balaban J connectivity index is 1.59. The van der Waals surface area contributed by atoms with Crippen molar-refractivity contribution in [2.45, 2.75) is 13.3 Å². The van der Waals surface area contributed by atoms with Crippen LogP contribution in [0.25, 0.3) is 0 Å². The van der Waals surface area contributed by atoms with E-state index in [0.29, 0.717) is 23.0 Å². The summed E-state index contributed by atoms with van der Waals surface area (Å²) in [5.74, 6) is 1.02. The molecular weight excluding hydrogens is 248 g/mol. The highest BCUT2D eigenvalue weighted by Crippen LogP contribution is 2.38. The molecule has 0 aromatic heterocycles. The minimum absolute atomic E-state index is 0.0236. The molecule has 1 aliphatic carbocycles. The molecule has 2 unspecified atom stereocenters. The Hall–Kier alpha value is -2.04. The van der Waals surface area contributed by atoms with Crippen LogP contribution in [0.3, 0.4) is 0 Å². The van der Waals surface area contributed by atoms with Gasteiger partial charge in [0, 0.05) is 5.56 Å². The molecule has 2 aliphatic rings. The molecule has 1 aliphatic heterocycles. The third-order valence-corrected chi connectivity index (χ3v) is 3.45. The fourth-order valence-corrected chi connectivity index (χ4v) is 2.05. The third kappa shape index (κ3) is 2.41. The molecule has 1 saturated carbocycles. The number of hydrogen-bond donors (Lipinski definition) is 0. The van der Waals surface area contributed by atoms with E-state index in [1.165, 1.54) is 0 Å². The number of hydrogen-bond acceptors (Lipinski definition) is 5. The predicted molar refractivity (Wildman–Crippen MR) is 65.1 cm³/mol. The second kappa shape index (κ2) is 4.57. The Morgan fingerprint density at radius 2 is 2.05 bits per heavy atom. The molecule has 1 aromatic carbocycles. The zero-order valence-electron chi connectivity index (χ0n) is 10.5. The summed E-state index contributed by atoms with van der Waals surface area (Å²) < 4.78 is 15.4. The maximum absolute atomic E-state index is 11.9. The molecule has 1 fully saturated rings. The fraction of sp³-hybridized carbons (Fsp3) is 0.429. The number of ether oxygens (including phenoxy) is 3. The van der Waals surface area contributed by atoms with Crippen molar-refractivity contribution in [3.05, 3.63) is 23.8 Å². The summed E-state index contributed by atoms with van der Waals surface area (Å²) in [4.78, 5) is 23.4. The first kappa shape index (κ1) is 12.0. The smallest absolute Gasteiger partial charge is 0.309 e. The first-order valence-corrected chi connectivity index (χ1v) is 6.24. The van der Waals surface area contributed by atoms with E-state index >= 15 is 0 Å². The normalized spacial score (nSPS) is 23.0. The van der Waals surface area contributed by atoms with Gasteiger partial charge in [0.05, 0.1) is 5.92 Å². The molecule has 19 heavy (non-hydrogen) atoms. The summed E-state index contributed by atoms with van der Waals surface area (Å²) in [6.45, 7) is 1.94. The molecule has 100 valence electrons. The molecule has 1 heterocycles. The Morgan fingerprint density at radius 1 is 1.32 bits per heavy atom. The maximum Gasteiger partial charge on any atom is 0.309 e. The minimum atomic E-state index is -0.276. The summed E-state index contributed by atoms with van der Waals surface area (Å²) in [6, 6.07) is 4.93. The Labute approximate surface area is 110 Å². The number of Topliss-reactive ketones (excluding diaryl/α,β-unsaturated/α-hetero) is 1. The quantitative estimate of drug-likeness (QED) is 0.611. The van der Waals surface area contributed by atoms with E-state index in [9.17, 15) is 9.59 Å². The van der Waals surface area contributed by atoms with Gasteiger partial charge in [0.25, 0.3) is 0 Å². The topological polar surface area (TPSA) is 61.8 Å². The summed E-state index contributed by atoms with van der Waals surface area (Å²) in [5, 5.41) is 0. The van der Waals surface area contributed by atoms with Crippen molar-refractivity contribution < 1.29 is 23.8 Å². The first-order valence-electron chi connectivity index (χ1n) is 6.24. The van der Waals surface area contributed by atoms with Crippen LogP contribution in [-0.4, -0.2) is 25.2 Å². The highest BCUT2D eigenvalue weighted by Gasteiger charge is 2.40. The lowest BCUT2D eigenvalue weighted by Gasteiger charge is -2.04. The van der Waals surface area contributed by atoms with Crippen LogP contribution in [0.5, 0.6) is 11.5 Å². The minimum Gasteiger partial charge on any atom is -0.457 e. The van der Waals surface area contributed by atoms with E-state index in [0.717, 1.165) is 6.42 Å². The summed E-state index contributed by atoms with van der Waals surface area (Å²) in [7, 11) is 0. The lowest BCUT2D eigenvalue weighted by Crippen LogP contribution is -2.15. The van der Waals surface area contributed by atoms with Gasteiger partial charge in [0.1, 0.15) is 0 Å². The predicted octanol–water partition coefficient (Wildman–Crippen LogP) is 1.80. The molecule has 0 bridgehead atoms. The molecule has 0 amide bonds. The molecule has 5 nitrogen and oxygen atoms in total. The SMILES string of the molecule is CC1CC1C(=O)OCC(=O)c1ccc2c(c1)OCO2. The van der Waals surface area contributed by atoms with Crippen LogP contribution in [0, 0.1) is 11.8 Å². The van der Waals surface area contributed by atoms with Crippen LogP contribution in [-0.2, 0) is 9.53 Å². The van der Waals surface area contributed by atoms with Crippen LogP contribution in [0.4, 0.5) is 0 Å². The number of fused-ring (bicyclic) bond motifs is 1. The fourth-order valence-electron chi connectivity index (χ4n) is 2.05. The average Bonchev–Trinajstić information content (AvgIpc) is 2.97. The molecule has 0 saturated heterocycles. The van der Waals surface area contributed by atoms with Crippen molar-refractivity contribution in [2.24, 2.45) is 11.8 Å². The molecule has 0 radical (unpaired) electrons. The van der Waals surface area contributed by atoms with Crippen molar-refractivity contribution in [1.82, 2.24) is 0 Å². The summed E-state index contributed by atoms with van der Waals surface area (Å²) >= 11 is 0. The van der Waals surface area contributed by atoms with Crippen molar-refractivity contribution in [2.75, 3.05) is 13.4 Å². The van der Waals surface area contributed by atoms with Gasteiger partial charge < -0.3 is 14.2 Å². The maximum atomic E-state index is 11.9. The highest BCUT2D eigenvalue weighted by atomic mass is 16.7. The molecule has 0 spiro atoms. The number of benzene rings is 1. The lowest BCUT2D eigenvalue weighted by atomic mass is 10.1. The monoisotopic (exact) mass is 262 g/mol. The number of carbonyl (C=O) groups excluding carboxylic acids is 2. The van der Waals surface area contributed by atoms with Crippen molar-refractivity contribution in [1.29, 1.82) is 0 Å². The number of carbonyl (C=O) groups is 2. The van der Waals surface area contributed by atoms with Crippen LogP contribution < -0.4 is 9.47 Å². The van der Waals surface area contributed by atoms with Gasteiger partial charge in [-0.3, -0.25) is 9.59 Å². The molecule has 3 rings (SSSR count). The standard InChI is InChI=1S/C14H14O5/c1-8-4-10(8)14(16)17-6-11(15)9-2-3-12-13(5-9)19-7-18-12/h2-3,5,8,10H,4,6-7H2,1H3. The summed E-state index contributed by atoms with van der Waals surface area (Å²) in [5.41, 5.74) is 0.459. The Morgan fingerprint density at radius 3 is 2.79 bits per heavy atom. The van der Waals surface area contributed by atoms with E-state index in [-0.39, 0.29) is 31.1 Å². The second-order valence-electron chi connectivity index (χ2n) is 4.92. The zero-order chi connectivity index (χ0) is 13.4. The molecular formula is C14H14O5. The lowest BCUT2D eigenvalue weighted by molar-refractivity contribution is -0.144. The van der Waals surface area contributed by atoms with Crippen molar-refractivity contribution in [3.63, 3.8) is 0 Å². The van der Waals surface area contributed by atoms with Gasteiger partial charge in [-0.1, -0.05) is 6.92 Å². The third-order valence-electron chi connectivity index (χ3n) is 3.45.